The van der Waals surface area contributed by atoms with Crippen LogP contribution in [0.4, 0.5) is 4.39 Å². The molecule has 1 aromatic heterocycles. The molecule has 0 amide bonds. The van der Waals surface area contributed by atoms with Gasteiger partial charge in [-0.3, -0.25) is 0 Å². The van der Waals surface area contributed by atoms with Crippen LogP contribution in [0.2, 0.25) is 5.02 Å². The van der Waals surface area contributed by atoms with E-state index in [2.05, 4.69) is 27.3 Å². The molecule has 1 aromatic carbocycles. The normalized spacial score (nSPS) is 15.8. The zero-order valence-corrected chi connectivity index (χ0v) is 14.8. The van der Waals surface area contributed by atoms with Gasteiger partial charge < -0.3 is 5.32 Å². The lowest BCUT2D eigenvalue weighted by atomic mass is 9.97. The van der Waals surface area contributed by atoms with E-state index < -0.39 is 0 Å². The summed E-state index contributed by atoms with van der Waals surface area (Å²) < 4.78 is 14.9. The molecule has 1 unspecified atom stereocenters. The molecule has 2 aromatic rings. The molecule has 1 nitrogen and oxygen atoms in total. The van der Waals surface area contributed by atoms with Gasteiger partial charge in [0.25, 0.3) is 0 Å². The van der Waals surface area contributed by atoms with Crippen molar-refractivity contribution in [3.8, 4) is 0 Å². The Kier molecular flexibility index (Phi) is 4.69. The molecular weight excluding hydrogens is 373 g/mol. The molecular formula is C16H16BrClFNS. The minimum Gasteiger partial charge on any atom is -0.309 e. The van der Waals surface area contributed by atoms with E-state index in [0.29, 0.717) is 15.1 Å². The minimum absolute atomic E-state index is 0.147. The van der Waals surface area contributed by atoms with Gasteiger partial charge in [0.1, 0.15) is 5.82 Å². The van der Waals surface area contributed by atoms with Crippen molar-refractivity contribution in [2.45, 2.75) is 31.7 Å². The van der Waals surface area contributed by atoms with E-state index in [4.69, 9.17) is 11.6 Å². The SMILES string of the molecule is CNC(c1cc2c(s1)CCCC2)c1cc(Cl)c(Br)cc1F. The highest BCUT2D eigenvalue weighted by Gasteiger charge is 2.22. The maximum absolute atomic E-state index is 14.3. The molecule has 0 saturated carbocycles. The summed E-state index contributed by atoms with van der Waals surface area (Å²) in [5, 5.41) is 3.76. The molecule has 1 heterocycles. The molecule has 1 aliphatic rings. The third-order valence-electron chi connectivity index (χ3n) is 3.94. The summed E-state index contributed by atoms with van der Waals surface area (Å²) in [6.45, 7) is 0. The van der Waals surface area contributed by atoms with Crippen LogP contribution in [0.3, 0.4) is 0 Å². The molecule has 1 atom stereocenters. The molecule has 0 radical (unpaired) electrons. The average molecular weight is 389 g/mol. The molecule has 1 N–H and O–H groups in total. The number of hydrogen-bond acceptors (Lipinski definition) is 2. The second-order valence-electron chi connectivity index (χ2n) is 5.31. The van der Waals surface area contributed by atoms with Gasteiger partial charge in [-0.2, -0.15) is 0 Å². The smallest absolute Gasteiger partial charge is 0.129 e. The first-order valence-corrected chi connectivity index (χ1v) is 9.02. The number of benzene rings is 1. The summed E-state index contributed by atoms with van der Waals surface area (Å²) in [5.74, 6) is -0.239. The van der Waals surface area contributed by atoms with Crippen LogP contribution in [0.5, 0.6) is 0 Å². The Morgan fingerprint density at radius 1 is 1.29 bits per heavy atom. The monoisotopic (exact) mass is 387 g/mol. The lowest BCUT2D eigenvalue weighted by Crippen LogP contribution is -2.18. The Morgan fingerprint density at radius 3 is 2.76 bits per heavy atom. The summed E-state index contributed by atoms with van der Waals surface area (Å²) in [5.41, 5.74) is 2.04. The maximum Gasteiger partial charge on any atom is 0.129 e. The van der Waals surface area contributed by atoms with Crippen molar-refractivity contribution in [3.05, 3.63) is 54.4 Å². The number of aryl methyl sites for hydroxylation is 2. The van der Waals surface area contributed by atoms with Crippen LogP contribution < -0.4 is 5.32 Å². The lowest BCUT2D eigenvalue weighted by Gasteiger charge is -2.16. The number of hydrogen-bond donors (Lipinski definition) is 1. The lowest BCUT2D eigenvalue weighted by molar-refractivity contribution is 0.578. The second-order valence-corrected chi connectivity index (χ2v) is 7.74. The standard InChI is InChI=1S/C16H16BrClFNS/c1-20-16(10-7-12(18)11(17)8-13(10)19)15-6-9-4-2-3-5-14(9)21-15/h6-8,16,20H,2-5H2,1H3. The molecule has 5 heteroatoms. The molecule has 0 bridgehead atoms. The van der Waals surface area contributed by atoms with Crippen LogP contribution in [0, 0.1) is 5.82 Å². The van der Waals surface area contributed by atoms with Gasteiger partial charge in [0, 0.05) is 19.8 Å². The molecule has 112 valence electrons. The van der Waals surface area contributed by atoms with Crippen molar-refractivity contribution >= 4 is 38.9 Å². The van der Waals surface area contributed by atoms with Gasteiger partial charge in [0.2, 0.25) is 0 Å². The van der Waals surface area contributed by atoms with Crippen molar-refractivity contribution < 1.29 is 4.39 Å². The largest absolute Gasteiger partial charge is 0.309 e. The van der Waals surface area contributed by atoms with Crippen LogP contribution in [0.25, 0.3) is 0 Å². The van der Waals surface area contributed by atoms with Crippen LogP contribution in [0.1, 0.15) is 39.8 Å². The predicted molar refractivity (Wildman–Crippen MR) is 91.0 cm³/mol. The van der Waals surface area contributed by atoms with E-state index in [0.717, 1.165) is 12.8 Å². The van der Waals surface area contributed by atoms with E-state index >= 15 is 0 Å². The fraction of sp³-hybridized carbons (Fsp3) is 0.375. The highest BCUT2D eigenvalue weighted by atomic mass is 79.9. The zero-order chi connectivity index (χ0) is 15.0. The van der Waals surface area contributed by atoms with Crippen LogP contribution in [0.15, 0.2) is 22.7 Å². The van der Waals surface area contributed by atoms with Gasteiger partial charge in [0.05, 0.1) is 11.1 Å². The quantitative estimate of drug-likeness (QED) is 0.685. The topological polar surface area (TPSA) is 12.0 Å². The van der Waals surface area contributed by atoms with Crippen LogP contribution >= 0.6 is 38.9 Å². The Bertz CT molecular complexity index is 647. The van der Waals surface area contributed by atoms with E-state index in [1.54, 1.807) is 17.4 Å². The molecule has 1 aliphatic carbocycles. The fourth-order valence-electron chi connectivity index (χ4n) is 2.87. The number of halogens is 3. The van der Waals surface area contributed by atoms with E-state index in [-0.39, 0.29) is 11.9 Å². The highest BCUT2D eigenvalue weighted by Crippen LogP contribution is 2.37. The first-order chi connectivity index (χ1) is 10.1. The van der Waals surface area contributed by atoms with Crippen LogP contribution in [-0.2, 0) is 12.8 Å². The first-order valence-electron chi connectivity index (χ1n) is 7.03. The highest BCUT2D eigenvalue weighted by molar-refractivity contribution is 9.10. The van der Waals surface area contributed by atoms with Crippen LogP contribution in [-0.4, -0.2) is 7.05 Å². The van der Waals surface area contributed by atoms with Gasteiger partial charge in [-0.15, -0.1) is 11.3 Å². The van der Waals surface area contributed by atoms with Crippen molar-refractivity contribution in [2.24, 2.45) is 0 Å². The van der Waals surface area contributed by atoms with Crippen molar-refractivity contribution in [2.75, 3.05) is 7.05 Å². The Balaban J connectivity index is 2.02. The fourth-order valence-corrected chi connectivity index (χ4v) is 4.74. The summed E-state index contributed by atoms with van der Waals surface area (Å²) in [6.07, 6.45) is 4.81. The molecule has 0 saturated heterocycles. The number of fused-ring (bicyclic) bond motifs is 1. The molecule has 0 spiro atoms. The van der Waals surface area contributed by atoms with Gasteiger partial charge in [0.15, 0.2) is 0 Å². The molecule has 0 aliphatic heterocycles. The minimum atomic E-state index is -0.239. The van der Waals surface area contributed by atoms with Crippen molar-refractivity contribution in [1.29, 1.82) is 0 Å². The number of nitrogens with one attached hydrogen (secondary N) is 1. The zero-order valence-electron chi connectivity index (χ0n) is 11.7. The second kappa shape index (κ2) is 6.37. The maximum atomic E-state index is 14.3. The first kappa shape index (κ1) is 15.5. The molecule has 21 heavy (non-hydrogen) atoms. The Hall–Kier alpha value is -0.420. The Morgan fingerprint density at radius 2 is 2.05 bits per heavy atom. The summed E-state index contributed by atoms with van der Waals surface area (Å²) in [7, 11) is 1.86. The van der Waals surface area contributed by atoms with Gasteiger partial charge in [-0.05, 0) is 72.4 Å². The van der Waals surface area contributed by atoms with Gasteiger partial charge in [-0.1, -0.05) is 11.6 Å². The molecule has 0 fully saturated rings. The third-order valence-corrected chi connectivity index (χ3v) is 6.44. The van der Waals surface area contributed by atoms with Gasteiger partial charge >= 0.3 is 0 Å². The average Bonchev–Trinajstić information content (AvgIpc) is 2.88. The summed E-state index contributed by atoms with van der Waals surface area (Å²) in [4.78, 5) is 2.63. The predicted octanol–water partition coefficient (Wildman–Crippen LogP) is 5.49. The Labute approximate surface area is 141 Å². The van der Waals surface area contributed by atoms with Crippen molar-refractivity contribution in [3.63, 3.8) is 0 Å². The number of thiophene rings is 1. The van der Waals surface area contributed by atoms with E-state index in [1.807, 2.05) is 7.05 Å². The summed E-state index contributed by atoms with van der Waals surface area (Å²) >= 11 is 11.2. The third kappa shape index (κ3) is 3.04. The number of rotatable bonds is 3. The van der Waals surface area contributed by atoms with E-state index in [1.165, 1.54) is 34.2 Å². The van der Waals surface area contributed by atoms with Gasteiger partial charge in [-0.25, -0.2) is 4.39 Å². The molecule has 3 rings (SSSR count). The van der Waals surface area contributed by atoms with E-state index in [9.17, 15) is 4.39 Å². The summed E-state index contributed by atoms with van der Waals surface area (Å²) in [6, 6.07) is 5.23. The van der Waals surface area contributed by atoms with Crippen molar-refractivity contribution in [1.82, 2.24) is 5.32 Å².